The van der Waals surface area contributed by atoms with E-state index in [0.29, 0.717) is 12.5 Å². The van der Waals surface area contributed by atoms with Crippen molar-refractivity contribution in [2.75, 3.05) is 27.2 Å². The Balaban J connectivity index is 1.49. The van der Waals surface area contributed by atoms with Crippen LogP contribution >= 0.6 is 0 Å². The SMILES string of the molecule is CCN(Cc1cc(O)c2c(c1F)C[C@H]1C[C@H]3[C@H](N(C)C)C(=O)C(C(N)=O)C(=O)[C@@]3(O)C(=O)C1C2=O)CC1CCCCCC1. The number of likely N-dealkylation sites (N-methyl/N-ethyl adjacent to an activating group) is 1. The van der Waals surface area contributed by atoms with Crippen LogP contribution in [-0.4, -0.2) is 87.9 Å². The summed E-state index contributed by atoms with van der Waals surface area (Å²) in [6.45, 7) is 3.76. The summed E-state index contributed by atoms with van der Waals surface area (Å²) in [7, 11) is 3.04. The number of hydrogen-bond donors (Lipinski definition) is 3. The summed E-state index contributed by atoms with van der Waals surface area (Å²) in [4.78, 5) is 70.0. The number of fused-ring (bicyclic) bond motifs is 3. The second-order valence-electron chi connectivity index (χ2n) is 13.2. The summed E-state index contributed by atoms with van der Waals surface area (Å²) < 4.78 is 16.2. The lowest BCUT2D eigenvalue weighted by Gasteiger charge is -2.52. The summed E-state index contributed by atoms with van der Waals surface area (Å²) in [5.41, 5.74) is 2.49. The average molecular weight is 600 g/mol. The highest BCUT2D eigenvalue weighted by Crippen LogP contribution is 2.51. The molecule has 43 heavy (non-hydrogen) atoms. The molecule has 1 aromatic rings. The van der Waals surface area contributed by atoms with Gasteiger partial charge in [0.25, 0.3) is 0 Å². The standard InChI is InChI=1S/C32H42FN3O7/c1-4-36(14-16-9-7-5-6-8-10-16)15-18-13-21(37)23-19(25(18)33)11-17-12-20-26(35(2)3)28(39)24(31(34)42)30(41)32(20,43)29(40)22(17)27(23)38/h13,16-17,20,22,24,26,37,43H,4-12,14-15H2,1-3H3,(H2,34,42)/t17-,20-,22?,24?,26-,32-/m0/s1. The monoisotopic (exact) mass is 599 g/mol. The van der Waals surface area contributed by atoms with E-state index in [0.717, 1.165) is 19.4 Å². The number of ketones is 4. The molecule has 234 valence electrons. The minimum absolute atomic E-state index is 0.00915. The zero-order valence-electron chi connectivity index (χ0n) is 25.1. The fraction of sp³-hybridized carbons (Fsp3) is 0.656. The first kappa shape index (κ1) is 31.4. The Morgan fingerprint density at radius 2 is 1.74 bits per heavy atom. The van der Waals surface area contributed by atoms with Gasteiger partial charge in [-0.1, -0.05) is 32.6 Å². The first-order valence-electron chi connectivity index (χ1n) is 15.4. The molecule has 11 heteroatoms. The largest absolute Gasteiger partial charge is 0.507 e. The summed E-state index contributed by atoms with van der Waals surface area (Å²) in [5, 5.41) is 22.7. The molecule has 2 unspecified atom stereocenters. The van der Waals surface area contributed by atoms with Crippen LogP contribution in [0.25, 0.3) is 0 Å². The maximum absolute atomic E-state index is 16.2. The normalized spacial score (nSPS) is 31.6. The van der Waals surface area contributed by atoms with E-state index in [9.17, 15) is 34.2 Å². The van der Waals surface area contributed by atoms with Gasteiger partial charge in [0.15, 0.2) is 34.7 Å². The van der Waals surface area contributed by atoms with Crippen molar-refractivity contribution >= 4 is 29.0 Å². The number of nitrogens with zero attached hydrogens (tertiary/aromatic N) is 2. The van der Waals surface area contributed by atoms with Crippen molar-refractivity contribution in [3.8, 4) is 5.75 Å². The maximum atomic E-state index is 16.2. The van der Waals surface area contributed by atoms with Crippen LogP contribution in [0.5, 0.6) is 5.75 Å². The van der Waals surface area contributed by atoms with E-state index < -0.39 is 75.9 Å². The molecular weight excluding hydrogens is 557 g/mol. The second kappa shape index (κ2) is 11.8. The fourth-order valence-corrected chi connectivity index (χ4v) is 8.28. The summed E-state index contributed by atoms with van der Waals surface area (Å²) in [6, 6.07) is 0.0380. The number of benzene rings is 1. The Morgan fingerprint density at radius 1 is 1.09 bits per heavy atom. The number of aromatic hydroxyl groups is 1. The van der Waals surface area contributed by atoms with Crippen LogP contribution in [0, 0.1) is 35.4 Å². The number of Topliss-reactive ketones (excluding diaryl/α,β-unsaturated/α-hetero) is 4. The van der Waals surface area contributed by atoms with Crippen LogP contribution in [0.3, 0.4) is 0 Å². The van der Waals surface area contributed by atoms with E-state index in [1.54, 1.807) is 0 Å². The number of primary amides is 1. The highest BCUT2D eigenvalue weighted by molar-refractivity contribution is 6.32. The molecular formula is C32H42FN3O7. The van der Waals surface area contributed by atoms with E-state index in [1.165, 1.54) is 50.7 Å². The number of carbonyl (C=O) groups is 5. The molecule has 4 aliphatic rings. The van der Waals surface area contributed by atoms with Crippen molar-refractivity contribution in [3.63, 3.8) is 0 Å². The van der Waals surface area contributed by atoms with Crippen LogP contribution in [0.2, 0.25) is 0 Å². The van der Waals surface area contributed by atoms with E-state index in [4.69, 9.17) is 5.73 Å². The summed E-state index contributed by atoms with van der Waals surface area (Å²) in [5.74, 6) is -11.6. The van der Waals surface area contributed by atoms with Crippen molar-refractivity contribution in [1.82, 2.24) is 9.80 Å². The van der Waals surface area contributed by atoms with Crippen molar-refractivity contribution in [2.45, 2.75) is 76.5 Å². The number of halogens is 1. The van der Waals surface area contributed by atoms with Gasteiger partial charge >= 0.3 is 0 Å². The number of hydrogen-bond acceptors (Lipinski definition) is 9. The van der Waals surface area contributed by atoms with Gasteiger partial charge in [-0.25, -0.2) is 4.39 Å². The molecule has 4 N–H and O–H groups in total. The molecule has 3 saturated carbocycles. The predicted molar refractivity (Wildman–Crippen MR) is 153 cm³/mol. The van der Waals surface area contributed by atoms with Gasteiger partial charge in [-0.15, -0.1) is 0 Å². The predicted octanol–water partition coefficient (Wildman–Crippen LogP) is 1.80. The molecule has 0 aromatic heterocycles. The number of phenolic OH excluding ortho intramolecular Hbond substituents is 1. The lowest BCUT2D eigenvalue weighted by molar-refractivity contribution is -0.181. The molecule has 10 nitrogen and oxygen atoms in total. The minimum Gasteiger partial charge on any atom is -0.507 e. The van der Waals surface area contributed by atoms with Crippen molar-refractivity contribution < 1.29 is 38.6 Å². The molecule has 0 aliphatic heterocycles. The van der Waals surface area contributed by atoms with Crippen LogP contribution in [0.1, 0.15) is 73.4 Å². The van der Waals surface area contributed by atoms with E-state index >= 15 is 4.39 Å². The molecule has 0 radical (unpaired) electrons. The van der Waals surface area contributed by atoms with Crippen LogP contribution in [0.15, 0.2) is 6.07 Å². The number of carbonyl (C=O) groups excluding carboxylic acids is 5. The molecule has 0 bridgehead atoms. The van der Waals surface area contributed by atoms with Gasteiger partial charge in [0, 0.05) is 30.1 Å². The fourth-order valence-electron chi connectivity index (χ4n) is 8.28. The third-order valence-electron chi connectivity index (χ3n) is 10.4. The van der Waals surface area contributed by atoms with Gasteiger partial charge in [0.05, 0.1) is 17.5 Å². The highest BCUT2D eigenvalue weighted by Gasteiger charge is 2.69. The zero-order chi connectivity index (χ0) is 31.4. The third kappa shape index (κ3) is 5.13. The molecule has 0 heterocycles. The quantitative estimate of drug-likeness (QED) is 0.314. The van der Waals surface area contributed by atoms with E-state index in [1.807, 2.05) is 6.92 Å². The lowest BCUT2D eigenvalue weighted by Crippen LogP contribution is -2.74. The van der Waals surface area contributed by atoms with Gasteiger partial charge in [-0.05, 0) is 64.2 Å². The van der Waals surface area contributed by atoms with Gasteiger partial charge in [-0.3, -0.25) is 33.8 Å². The molecule has 4 aliphatic carbocycles. The Morgan fingerprint density at radius 3 is 2.33 bits per heavy atom. The number of amides is 1. The summed E-state index contributed by atoms with van der Waals surface area (Å²) >= 11 is 0. The first-order chi connectivity index (χ1) is 20.3. The van der Waals surface area contributed by atoms with Crippen molar-refractivity contribution in [1.29, 1.82) is 0 Å². The second-order valence-corrected chi connectivity index (χ2v) is 13.2. The molecule has 1 aromatic carbocycles. The Labute approximate surface area is 250 Å². The van der Waals surface area contributed by atoms with Gasteiger partial charge < -0.3 is 15.9 Å². The first-order valence-corrected chi connectivity index (χ1v) is 15.4. The van der Waals surface area contributed by atoms with E-state index in [2.05, 4.69) is 4.90 Å². The smallest absolute Gasteiger partial charge is 0.235 e. The topological polar surface area (TPSA) is 158 Å². The van der Waals surface area contributed by atoms with Gasteiger partial charge in [0.1, 0.15) is 11.6 Å². The molecule has 6 atom stereocenters. The van der Waals surface area contributed by atoms with Crippen LogP contribution in [0.4, 0.5) is 4.39 Å². The van der Waals surface area contributed by atoms with Crippen molar-refractivity contribution in [2.24, 2.45) is 35.3 Å². The number of nitrogens with two attached hydrogens (primary N) is 1. The zero-order valence-corrected chi connectivity index (χ0v) is 25.1. The lowest BCUT2D eigenvalue weighted by atomic mass is 9.52. The number of rotatable bonds is 7. The molecule has 1 amide bonds. The highest BCUT2D eigenvalue weighted by atomic mass is 19.1. The van der Waals surface area contributed by atoms with Gasteiger partial charge in [-0.2, -0.15) is 0 Å². The van der Waals surface area contributed by atoms with Crippen molar-refractivity contribution in [3.05, 3.63) is 28.6 Å². The minimum atomic E-state index is -2.80. The number of aliphatic hydroxyl groups is 1. The number of phenols is 1. The van der Waals surface area contributed by atoms with Crippen LogP contribution in [-0.2, 0) is 32.1 Å². The van der Waals surface area contributed by atoms with Gasteiger partial charge in [0.2, 0.25) is 5.91 Å². The Kier molecular flexibility index (Phi) is 8.63. The molecule has 0 saturated heterocycles. The summed E-state index contributed by atoms with van der Waals surface area (Å²) in [6.07, 6.45) is 6.90. The van der Waals surface area contributed by atoms with Crippen LogP contribution < -0.4 is 5.73 Å². The Bertz CT molecular complexity index is 1350. The maximum Gasteiger partial charge on any atom is 0.235 e. The Hall–Kier alpha value is -3.02. The third-order valence-corrected chi connectivity index (χ3v) is 10.4. The molecule has 3 fully saturated rings. The molecule has 0 spiro atoms. The molecule has 5 rings (SSSR count). The van der Waals surface area contributed by atoms with E-state index in [-0.39, 0.29) is 36.1 Å². The average Bonchev–Trinajstić information content (AvgIpc) is 3.21.